The number of aryl methyl sites for hydroxylation is 2. The Kier molecular flexibility index (Phi) is 7.48. The van der Waals surface area contributed by atoms with E-state index < -0.39 is 5.60 Å². The molecule has 1 N–H and O–H groups in total. The Morgan fingerprint density at radius 3 is 2.48 bits per heavy atom. The van der Waals surface area contributed by atoms with Crippen molar-refractivity contribution in [3.8, 4) is 0 Å². The van der Waals surface area contributed by atoms with Crippen molar-refractivity contribution >= 4 is 17.4 Å². The minimum Gasteiger partial charge on any atom is -0.444 e. The highest BCUT2D eigenvalue weighted by molar-refractivity contribution is 7.11. The molecular weight excluding hydrogens is 310 g/mol. The third kappa shape index (κ3) is 6.87. The van der Waals surface area contributed by atoms with E-state index >= 15 is 0 Å². The van der Waals surface area contributed by atoms with Gasteiger partial charge in [-0.2, -0.15) is 0 Å². The fourth-order valence-electron chi connectivity index (χ4n) is 2.35. The zero-order chi connectivity index (χ0) is 17.6. The Morgan fingerprint density at radius 1 is 1.35 bits per heavy atom. The summed E-state index contributed by atoms with van der Waals surface area (Å²) in [7, 11) is 0. The zero-order valence-corrected chi connectivity index (χ0v) is 16.3. The molecule has 0 radical (unpaired) electrons. The topological polar surface area (TPSA) is 54.5 Å². The molecule has 0 aliphatic rings. The van der Waals surface area contributed by atoms with Gasteiger partial charge in [0.25, 0.3) is 0 Å². The summed E-state index contributed by atoms with van der Waals surface area (Å²) >= 11 is 1.73. The van der Waals surface area contributed by atoms with Gasteiger partial charge in [0.15, 0.2) is 0 Å². The molecule has 1 unspecified atom stereocenters. The highest BCUT2D eigenvalue weighted by Gasteiger charge is 2.21. The summed E-state index contributed by atoms with van der Waals surface area (Å²) in [5.74, 6) is 0. The number of hydrogen-bond acceptors (Lipinski definition) is 5. The molecule has 0 spiro atoms. The Morgan fingerprint density at radius 2 is 2.00 bits per heavy atom. The van der Waals surface area contributed by atoms with Crippen molar-refractivity contribution < 1.29 is 9.53 Å². The molecule has 1 atom stereocenters. The number of thiazole rings is 1. The monoisotopic (exact) mass is 341 g/mol. The highest BCUT2D eigenvalue weighted by atomic mass is 32.1. The summed E-state index contributed by atoms with van der Waals surface area (Å²) in [5, 5.41) is 4.57. The molecule has 0 bridgehead atoms. The number of amides is 1. The average molecular weight is 342 g/mol. The van der Waals surface area contributed by atoms with Crippen LogP contribution in [0.1, 0.15) is 62.7 Å². The molecule has 1 heterocycles. The number of aromatic nitrogens is 1. The molecule has 0 aliphatic heterocycles. The minimum atomic E-state index is -0.457. The van der Waals surface area contributed by atoms with Crippen LogP contribution in [0.2, 0.25) is 0 Å². The average Bonchev–Trinajstić information content (AvgIpc) is 2.74. The predicted molar refractivity (Wildman–Crippen MR) is 96.1 cm³/mol. The summed E-state index contributed by atoms with van der Waals surface area (Å²) in [6.45, 7) is 16.0. The number of nitrogens with one attached hydrogen (secondary N) is 1. The number of carbonyl (C=O) groups is 1. The van der Waals surface area contributed by atoms with Crippen molar-refractivity contribution in [2.45, 2.75) is 66.5 Å². The first-order valence-corrected chi connectivity index (χ1v) is 9.11. The van der Waals surface area contributed by atoms with E-state index in [0.29, 0.717) is 13.1 Å². The van der Waals surface area contributed by atoms with Crippen LogP contribution in [0.25, 0.3) is 0 Å². The fraction of sp³-hybridized carbons (Fsp3) is 0.765. The Bertz CT molecular complexity index is 508. The lowest BCUT2D eigenvalue weighted by molar-refractivity contribution is 0.0251. The van der Waals surface area contributed by atoms with Gasteiger partial charge in [0, 0.05) is 30.6 Å². The van der Waals surface area contributed by atoms with Gasteiger partial charge < -0.3 is 15.0 Å². The maximum Gasteiger partial charge on any atom is 0.410 e. The van der Waals surface area contributed by atoms with Gasteiger partial charge in [-0.25, -0.2) is 9.78 Å². The highest BCUT2D eigenvalue weighted by Crippen LogP contribution is 2.24. The van der Waals surface area contributed by atoms with E-state index in [-0.39, 0.29) is 12.1 Å². The minimum absolute atomic E-state index is 0.237. The second-order valence-electron chi connectivity index (χ2n) is 6.83. The second-order valence-corrected chi connectivity index (χ2v) is 8.06. The van der Waals surface area contributed by atoms with Gasteiger partial charge in [-0.05, 0) is 48.0 Å². The Balaban J connectivity index is 2.52. The van der Waals surface area contributed by atoms with Crippen molar-refractivity contribution in [3.63, 3.8) is 0 Å². The normalized spacial score (nSPS) is 13.0. The van der Waals surface area contributed by atoms with Crippen molar-refractivity contribution in [3.05, 3.63) is 15.6 Å². The Hall–Kier alpha value is -1.14. The van der Waals surface area contributed by atoms with Crippen LogP contribution in [0.3, 0.4) is 0 Å². The molecule has 0 saturated heterocycles. The van der Waals surface area contributed by atoms with Crippen LogP contribution in [0.5, 0.6) is 0 Å². The summed E-state index contributed by atoms with van der Waals surface area (Å²) in [4.78, 5) is 19.7. The summed E-state index contributed by atoms with van der Waals surface area (Å²) in [5.41, 5.74) is 0.631. The first-order valence-electron chi connectivity index (χ1n) is 8.29. The van der Waals surface area contributed by atoms with Crippen LogP contribution < -0.4 is 5.32 Å². The fourth-order valence-corrected chi connectivity index (χ4v) is 3.30. The third-order valence-electron chi connectivity index (χ3n) is 3.31. The van der Waals surface area contributed by atoms with E-state index in [1.165, 1.54) is 4.88 Å². The van der Waals surface area contributed by atoms with Crippen LogP contribution in [0, 0.1) is 13.8 Å². The van der Waals surface area contributed by atoms with Crippen LogP contribution in [0.4, 0.5) is 4.79 Å². The van der Waals surface area contributed by atoms with Crippen LogP contribution in [-0.2, 0) is 4.74 Å². The Labute approximate surface area is 144 Å². The second kappa shape index (κ2) is 8.64. The lowest BCUT2D eigenvalue weighted by atomic mass is 10.2. The molecule has 132 valence electrons. The maximum atomic E-state index is 12.2. The van der Waals surface area contributed by atoms with Crippen molar-refractivity contribution in [2.75, 3.05) is 19.6 Å². The SMILES string of the molecule is CCCN(CCNC(C)c1sc(C)nc1C)C(=O)OC(C)(C)C. The number of nitrogens with zero attached hydrogens (tertiary/aromatic N) is 2. The number of carbonyl (C=O) groups excluding carboxylic acids is 1. The van der Waals surface area contributed by atoms with Crippen molar-refractivity contribution in [2.24, 2.45) is 0 Å². The number of rotatable bonds is 7. The third-order valence-corrected chi connectivity index (χ3v) is 4.57. The summed E-state index contributed by atoms with van der Waals surface area (Å²) < 4.78 is 5.47. The van der Waals surface area contributed by atoms with Gasteiger partial charge in [-0.15, -0.1) is 11.3 Å². The van der Waals surface area contributed by atoms with E-state index in [2.05, 4.69) is 24.1 Å². The molecule has 23 heavy (non-hydrogen) atoms. The molecule has 0 aliphatic carbocycles. The molecule has 6 heteroatoms. The molecule has 0 saturated carbocycles. The lowest BCUT2D eigenvalue weighted by Crippen LogP contribution is -2.41. The van der Waals surface area contributed by atoms with E-state index in [1.54, 1.807) is 16.2 Å². The largest absolute Gasteiger partial charge is 0.444 e. The van der Waals surface area contributed by atoms with Crippen LogP contribution in [-0.4, -0.2) is 41.2 Å². The molecule has 0 aromatic carbocycles. The smallest absolute Gasteiger partial charge is 0.410 e. The lowest BCUT2D eigenvalue weighted by Gasteiger charge is -2.27. The number of hydrogen-bond donors (Lipinski definition) is 1. The van der Waals surface area contributed by atoms with Gasteiger partial charge in [0.05, 0.1) is 10.7 Å². The van der Waals surface area contributed by atoms with Crippen LogP contribution >= 0.6 is 11.3 Å². The summed E-state index contributed by atoms with van der Waals surface area (Å²) in [6, 6.07) is 0.239. The van der Waals surface area contributed by atoms with E-state index in [4.69, 9.17) is 4.74 Å². The van der Waals surface area contributed by atoms with Gasteiger partial charge in [-0.1, -0.05) is 6.92 Å². The van der Waals surface area contributed by atoms with Gasteiger partial charge >= 0.3 is 6.09 Å². The van der Waals surface area contributed by atoms with E-state index in [1.807, 2.05) is 34.6 Å². The van der Waals surface area contributed by atoms with Gasteiger partial charge in [-0.3, -0.25) is 0 Å². The molecule has 1 rings (SSSR count). The van der Waals surface area contributed by atoms with Gasteiger partial charge in [0.1, 0.15) is 5.60 Å². The van der Waals surface area contributed by atoms with E-state index in [9.17, 15) is 4.79 Å². The molecule has 1 aromatic rings. The first kappa shape index (κ1) is 19.9. The van der Waals surface area contributed by atoms with Gasteiger partial charge in [0.2, 0.25) is 0 Å². The molecule has 1 amide bonds. The zero-order valence-electron chi connectivity index (χ0n) is 15.5. The van der Waals surface area contributed by atoms with Crippen LogP contribution in [0.15, 0.2) is 0 Å². The maximum absolute atomic E-state index is 12.2. The standard InChI is InChI=1S/C17H31N3O2S/c1-8-10-20(16(21)22-17(5,6)7)11-9-18-12(2)15-13(3)19-14(4)23-15/h12,18H,8-11H2,1-7H3. The van der Waals surface area contributed by atoms with Crippen molar-refractivity contribution in [1.29, 1.82) is 0 Å². The summed E-state index contributed by atoms with van der Waals surface area (Å²) in [6.07, 6.45) is 0.681. The van der Waals surface area contributed by atoms with Crippen molar-refractivity contribution in [1.82, 2.24) is 15.2 Å². The molecule has 5 nitrogen and oxygen atoms in total. The predicted octanol–water partition coefficient (Wildman–Crippen LogP) is 4.06. The quantitative estimate of drug-likeness (QED) is 0.812. The molecular formula is C17H31N3O2S. The van der Waals surface area contributed by atoms with E-state index in [0.717, 1.165) is 23.7 Å². The first-order chi connectivity index (χ1) is 10.6. The molecule has 1 aromatic heterocycles. The number of ether oxygens (including phenoxy) is 1. The molecule has 0 fully saturated rings.